The minimum Gasteiger partial charge on any atom is -0.207 e. The number of benzene rings is 1. The van der Waals surface area contributed by atoms with Crippen LogP contribution in [-0.2, 0) is 10.0 Å². The SMILES string of the molecule is Cc1ccc(S(=O)(=O)N2C3C4C5C2C5(Cl)C43Cl)cc1. The minimum atomic E-state index is -3.46. The van der Waals surface area contributed by atoms with Crippen molar-refractivity contribution in [1.82, 2.24) is 4.31 Å². The molecule has 100 valence electrons. The number of hydrogen-bond donors (Lipinski definition) is 0. The summed E-state index contributed by atoms with van der Waals surface area (Å²) in [5.74, 6) is 0.578. The van der Waals surface area contributed by atoms with Crippen LogP contribution in [0.2, 0.25) is 0 Å². The van der Waals surface area contributed by atoms with Crippen molar-refractivity contribution in [2.45, 2.75) is 33.7 Å². The molecule has 6 rings (SSSR count). The fourth-order valence-corrected chi connectivity index (χ4v) is 7.88. The highest BCUT2D eigenvalue weighted by atomic mass is 35.5. The molecular weight excluding hydrogens is 305 g/mol. The molecule has 0 N–H and O–H groups in total. The molecule has 2 heterocycles. The molecule has 3 saturated carbocycles. The maximum absolute atomic E-state index is 12.7. The molecular formula is C13H11Cl2NO2S. The Morgan fingerprint density at radius 2 is 1.53 bits per heavy atom. The smallest absolute Gasteiger partial charge is 0.207 e. The van der Waals surface area contributed by atoms with E-state index < -0.39 is 19.8 Å². The van der Waals surface area contributed by atoms with Crippen LogP contribution in [0.3, 0.4) is 0 Å². The van der Waals surface area contributed by atoms with E-state index in [1.165, 1.54) is 0 Å². The Balaban J connectivity index is 1.61. The van der Waals surface area contributed by atoms with E-state index in [1.54, 1.807) is 16.4 Å². The van der Waals surface area contributed by atoms with E-state index in [9.17, 15) is 8.42 Å². The Kier molecular flexibility index (Phi) is 1.62. The molecule has 5 fully saturated rings. The first kappa shape index (κ1) is 11.4. The lowest BCUT2D eigenvalue weighted by Gasteiger charge is -2.22. The van der Waals surface area contributed by atoms with Gasteiger partial charge in [-0.2, -0.15) is 4.31 Å². The van der Waals surface area contributed by atoms with Crippen molar-refractivity contribution in [1.29, 1.82) is 0 Å². The quantitative estimate of drug-likeness (QED) is 0.782. The van der Waals surface area contributed by atoms with Crippen LogP contribution in [0.15, 0.2) is 29.2 Å². The molecule has 2 saturated heterocycles. The molecule has 2 aliphatic heterocycles. The van der Waals surface area contributed by atoms with E-state index in [4.69, 9.17) is 23.2 Å². The van der Waals surface area contributed by atoms with Crippen molar-refractivity contribution in [2.24, 2.45) is 11.8 Å². The second kappa shape index (κ2) is 2.71. The fourth-order valence-electron chi connectivity index (χ4n) is 4.50. The highest BCUT2D eigenvalue weighted by Gasteiger charge is 3.09. The summed E-state index contributed by atoms with van der Waals surface area (Å²) in [5, 5.41) is 0. The van der Waals surface area contributed by atoms with Gasteiger partial charge in [0, 0.05) is 11.8 Å². The lowest BCUT2D eigenvalue weighted by atomic mass is 9.99. The van der Waals surface area contributed by atoms with Crippen molar-refractivity contribution in [2.75, 3.05) is 0 Å². The second-order valence-corrected chi connectivity index (χ2v) is 9.22. The van der Waals surface area contributed by atoms with E-state index in [-0.39, 0.29) is 23.9 Å². The van der Waals surface area contributed by atoms with Crippen LogP contribution in [0.25, 0.3) is 0 Å². The average molecular weight is 316 g/mol. The molecule has 0 radical (unpaired) electrons. The number of piperidine rings is 4. The molecule has 3 nitrogen and oxygen atoms in total. The summed E-state index contributed by atoms with van der Waals surface area (Å²) in [4.78, 5) is -0.597. The molecule has 5 aliphatic rings. The summed E-state index contributed by atoms with van der Waals surface area (Å²) >= 11 is 13.0. The molecule has 1 aromatic rings. The summed E-state index contributed by atoms with van der Waals surface area (Å²) in [6, 6.07) is 6.81. The monoisotopic (exact) mass is 315 g/mol. The Bertz CT molecular complexity index is 708. The van der Waals surface area contributed by atoms with Gasteiger partial charge in [0.1, 0.15) is 0 Å². The summed E-state index contributed by atoms with van der Waals surface area (Å²) in [6.45, 7) is 1.94. The lowest BCUT2D eigenvalue weighted by molar-refractivity contribution is 0.438. The molecule has 0 spiro atoms. The fraction of sp³-hybridized carbons (Fsp3) is 0.538. The van der Waals surface area contributed by atoms with E-state index in [0.717, 1.165) is 5.56 Å². The highest BCUT2D eigenvalue weighted by Crippen LogP contribution is 2.95. The van der Waals surface area contributed by atoms with Crippen LogP contribution < -0.4 is 0 Å². The van der Waals surface area contributed by atoms with Crippen molar-refractivity contribution < 1.29 is 8.42 Å². The lowest BCUT2D eigenvalue weighted by Crippen LogP contribution is -2.33. The van der Waals surface area contributed by atoms with Gasteiger partial charge >= 0.3 is 0 Å². The van der Waals surface area contributed by atoms with Crippen molar-refractivity contribution >= 4 is 33.2 Å². The number of rotatable bonds is 2. The molecule has 3 aliphatic carbocycles. The van der Waals surface area contributed by atoms with Gasteiger partial charge in [0.05, 0.1) is 26.7 Å². The summed E-state index contributed by atoms with van der Waals surface area (Å²) in [7, 11) is -3.46. The maximum atomic E-state index is 12.7. The van der Waals surface area contributed by atoms with Crippen LogP contribution in [-0.4, -0.2) is 34.6 Å². The predicted octanol–water partition coefficient (Wildman–Crippen LogP) is 1.96. The normalized spacial score (nSPS) is 52.6. The zero-order valence-corrected chi connectivity index (χ0v) is 12.4. The molecule has 2 bridgehead atoms. The van der Waals surface area contributed by atoms with Gasteiger partial charge in [0.2, 0.25) is 10.0 Å². The number of hydrogen-bond acceptors (Lipinski definition) is 2. The Hall–Kier alpha value is -0.290. The molecule has 1 aromatic carbocycles. The molecule has 0 aromatic heterocycles. The first-order chi connectivity index (χ1) is 8.86. The van der Waals surface area contributed by atoms with Gasteiger partial charge in [-0.1, -0.05) is 17.7 Å². The first-order valence-electron chi connectivity index (χ1n) is 6.34. The average Bonchev–Trinajstić information content (AvgIpc) is 2.98. The minimum absolute atomic E-state index is 0.0760. The van der Waals surface area contributed by atoms with Crippen molar-refractivity contribution in [3.63, 3.8) is 0 Å². The summed E-state index contributed by atoms with van der Waals surface area (Å²) in [5.41, 5.74) is 1.04. The topological polar surface area (TPSA) is 37.4 Å². The Morgan fingerprint density at radius 1 is 1.05 bits per heavy atom. The summed E-state index contributed by atoms with van der Waals surface area (Å²) in [6.07, 6.45) is 0. The maximum Gasteiger partial charge on any atom is 0.243 e. The van der Waals surface area contributed by atoms with Crippen LogP contribution in [0.1, 0.15) is 5.56 Å². The predicted molar refractivity (Wildman–Crippen MR) is 71.9 cm³/mol. The highest BCUT2D eigenvalue weighted by molar-refractivity contribution is 7.89. The second-order valence-electron chi connectivity index (χ2n) is 6.13. The standard InChI is InChI=1S/C13H11Cl2NO2S/c1-6-2-4-7(5-3-6)19(17,18)16-10-8-9-11(16)13(9,15)12(8,10)14/h2-5,8-11H,1H3. The van der Waals surface area contributed by atoms with Gasteiger partial charge < -0.3 is 0 Å². The number of alkyl halides is 2. The molecule has 6 unspecified atom stereocenters. The third kappa shape index (κ3) is 0.874. The number of sulfonamides is 1. The van der Waals surface area contributed by atoms with E-state index in [0.29, 0.717) is 4.90 Å². The van der Waals surface area contributed by atoms with E-state index in [2.05, 4.69) is 0 Å². The number of nitrogens with zero attached hydrogens (tertiary/aromatic N) is 1. The van der Waals surface area contributed by atoms with Gasteiger partial charge in [0.15, 0.2) is 0 Å². The van der Waals surface area contributed by atoms with Crippen molar-refractivity contribution in [3.8, 4) is 0 Å². The van der Waals surface area contributed by atoms with Crippen LogP contribution in [0, 0.1) is 18.8 Å². The van der Waals surface area contributed by atoms with Gasteiger partial charge in [-0.05, 0) is 19.1 Å². The summed E-state index contributed by atoms with van der Waals surface area (Å²) < 4.78 is 27.0. The number of halogens is 2. The largest absolute Gasteiger partial charge is 0.243 e. The zero-order valence-electron chi connectivity index (χ0n) is 10.0. The van der Waals surface area contributed by atoms with Crippen LogP contribution in [0.5, 0.6) is 0 Å². The zero-order chi connectivity index (χ0) is 13.4. The molecule has 0 amide bonds. The molecule has 6 heteroatoms. The molecule has 6 atom stereocenters. The molecule has 19 heavy (non-hydrogen) atoms. The van der Waals surface area contributed by atoms with Crippen molar-refractivity contribution in [3.05, 3.63) is 29.8 Å². The third-order valence-electron chi connectivity index (χ3n) is 5.41. The van der Waals surface area contributed by atoms with Gasteiger partial charge in [-0.3, -0.25) is 0 Å². The van der Waals surface area contributed by atoms with E-state index in [1.807, 2.05) is 19.1 Å². The van der Waals surface area contributed by atoms with E-state index >= 15 is 0 Å². The van der Waals surface area contributed by atoms with Crippen LogP contribution in [0.4, 0.5) is 0 Å². The number of aryl methyl sites for hydroxylation is 1. The van der Waals surface area contributed by atoms with Gasteiger partial charge in [0.25, 0.3) is 0 Å². The first-order valence-corrected chi connectivity index (χ1v) is 8.54. The Labute approximate surface area is 121 Å². The van der Waals surface area contributed by atoms with Gasteiger partial charge in [-0.15, -0.1) is 23.2 Å². The van der Waals surface area contributed by atoms with Crippen LogP contribution >= 0.6 is 23.2 Å². The van der Waals surface area contributed by atoms with Gasteiger partial charge in [-0.25, -0.2) is 8.42 Å². The Morgan fingerprint density at radius 3 is 1.95 bits per heavy atom. The third-order valence-corrected chi connectivity index (χ3v) is 8.96.